The van der Waals surface area contributed by atoms with Crippen LogP contribution in [0.1, 0.15) is 38.5 Å². The molecular formula is C15H25NS. The summed E-state index contributed by atoms with van der Waals surface area (Å²) in [6.45, 7) is 2.54. The predicted molar refractivity (Wildman–Crippen MR) is 74.3 cm³/mol. The van der Waals surface area contributed by atoms with E-state index in [1.807, 2.05) is 0 Å². The minimum Gasteiger partial charge on any atom is -0.316 e. The minimum absolute atomic E-state index is 0.937. The lowest BCUT2D eigenvalue weighted by atomic mass is 9.52. The SMILES string of the molecule is C1CC(SCC2C3CC4CC(C3)CC2C4)CN1. The first-order chi connectivity index (χ1) is 8.38. The summed E-state index contributed by atoms with van der Waals surface area (Å²) in [4.78, 5) is 0. The Labute approximate surface area is 109 Å². The first-order valence-electron chi connectivity index (χ1n) is 7.71. The molecule has 0 amide bonds. The third-order valence-electron chi connectivity index (χ3n) is 5.96. The Kier molecular flexibility index (Phi) is 2.92. The van der Waals surface area contributed by atoms with E-state index in [4.69, 9.17) is 0 Å². The smallest absolute Gasteiger partial charge is 0.0184 e. The average Bonchev–Trinajstić information content (AvgIpc) is 2.80. The molecule has 1 heterocycles. The van der Waals surface area contributed by atoms with Crippen LogP contribution in [-0.4, -0.2) is 24.1 Å². The molecular weight excluding hydrogens is 226 g/mol. The molecule has 1 unspecified atom stereocenters. The topological polar surface area (TPSA) is 12.0 Å². The van der Waals surface area contributed by atoms with Crippen LogP contribution < -0.4 is 5.32 Å². The molecule has 0 spiro atoms. The Morgan fingerprint density at radius 2 is 1.65 bits per heavy atom. The van der Waals surface area contributed by atoms with E-state index in [0.29, 0.717) is 0 Å². The van der Waals surface area contributed by atoms with Crippen LogP contribution in [0.25, 0.3) is 0 Å². The molecule has 1 atom stereocenters. The largest absolute Gasteiger partial charge is 0.316 e. The van der Waals surface area contributed by atoms with Gasteiger partial charge in [-0.15, -0.1) is 0 Å². The van der Waals surface area contributed by atoms with Crippen LogP contribution in [0.15, 0.2) is 0 Å². The van der Waals surface area contributed by atoms with Crippen LogP contribution >= 0.6 is 11.8 Å². The molecule has 1 N–H and O–H groups in total. The number of rotatable bonds is 3. The van der Waals surface area contributed by atoms with Crippen molar-refractivity contribution in [1.29, 1.82) is 0 Å². The van der Waals surface area contributed by atoms with E-state index in [2.05, 4.69) is 17.1 Å². The van der Waals surface area contributed by atoms with Crippen LogP contribution in [-0.2, 0) is 0 Å². The zero-order chi connectivity index (χ0) is 11.2. The summed E-state index contributed by atoms with van der Waals surface area (Å²) in [6, 6.07) is 0. The summed E-state index contributed by atoms with van der Waals surface area (Å²) in [5.74, 6) is 7.15. The maximum Gasteiger partial charge on any atom is 0.0184 e. The molecule has 0 aromatic rings. The van der Waals surface area contributed by atoms with Gasteiger partial charge in [0.15, 0.2) is 0 Å². The van der Waals surface area contributed by atoms with Gasteiger partial charge < -0.3 is 5.32 Å². The predicted octanol–water partition coefficient (Wildman–Crippen LogP) is 3.15. The van der Waals surface area contributed by atoms with E-state index in [9.17, 15) is 0 Å². The summed E-state index contributed by atoms with van der Waals surface area (Å²) in [5.41, 5.74) is 0. The minimum atomic E-state index is 0.937. The van der Waals surface area contributed by atoms with E-state index in [-0.39, 0.29) is 0 Å². The quantitative estimate of drug-likeness (QED) is 0.827. The van der Waals surface area contributed by atoms with Gasteiger partial charge in [-0.3, -0.25) is 0 Å². The number of nitrogens with one attached hydrogen (secondary N) is 1. The highest BCUT2D eigenvalue weighted by Crippen LogP contribution is 2.57. The Balaban J connectivity index is 1.37. The van der Waals surface area contributed by atoms with Crippen LogP contribution in [0.4, 0.5) is 0 Å². The van der Waals surface area contributed by atoms with E-state index in [1.54, 1.807) is 32.1 Å². The van der Waals surface area contributed by atoms with E-state index >= 15 is 0 Å². The van der Waals surface area contributed by atoms with Crippen molar-refractivity contribution in [2.75, 3.05) is 18.8 Å². The summed E-state index contributed by atoms with van der Waals surface area (Å²) in [5, 5.41) is 4.44. The number of hydrogen-bond donors (Lipinski definition) is 1. The third kappa shape index (κ3) is 2.06. The standard InChI is InChI=1S/C15H25NS/c1-2-16-8-14(1)17-9-15-12-4-10-3-11(6-12)7-13(15)5-10/h10-16H,1-9H2. The molecule has 1 aliphatic heterocycles. The molecule has 5 rings (SSSR count). The van der Waals surface area contributed by atoms with Gasteiger partial charge in [-0.1, -0.05) is 0 Å². The second kappa shape index (κ2) is 4.45. The Morgan fingerprint density at radius 3 is 2.24 bits per heavy atom. The maximum absolute atomic E-state index is 3.50. The maximum atomic E-state index is 3.50. The molecule has 17 heavy (non-hydrogen) atoms. The second-order valence-corrected chi connectivity index (χ2v) is 8.38. The molecule has 0 aromatic heterocycles. The van der Waals surface area contributed by atoms with Gasteiger partial charge >= 0.3 is 0 Å². The zero-order valence-electron chi connectivity index (χ0n) is 10.7. The number of hydrogen-bond acceptors (Lipinski definition) is 2. The Morgan fingerprint density at radius 1 is 0.941 bits per heavy atom. The van der Waals surface area contributed by atoms with E-state index in [0.717, 1.165) is 34.8 Å². The van der Waals surface area contributed by atoms with Gasteiger partial charge in [-0.2, -0.15) is 11.8 Å². The fraction of sp³-hybridized carbons (Fsp3) is 1.00. The van der Waals surface area contributed by atoms with Crippen molar-refractivity contribution < 1.29 is 0 Å². The molecule has 5 fully saturated rings. The summed E-state index contributed by atoms with van der Waals surface area (Å²) < 4.78 is 0. The highest BCUT2D eigenvalue weighted by Gasteiger charge is 2.47. The van der Waals surface area contributed by atoms with Crippen molar-refractivity contribution in [2.24, 2.45) is 29.6 Å². The highest BCUT2D eigenvalue weighted by atomic mass is 32.2. The number of thioether (sulfide) groups is 1. The van der Waals surface area contributed by atoms with Gasteiger partial charge in [0.25, 0.3) is 0 Å². The monoisotopic (exact) mass is 251 g/mol. The fourth-order valence-corrected chi connectivity index (χ4v) is 6.89. The fourth-order valence-electron chi connectivity index (χ4n) is 5.33. The molecule has 4 saturated carbocycles. The molecule has 2 heteroatoms. The molecule has 4 bridgehead atoms. The van der Waals surface area contributed by atoms with E-state index in [1.165, 1.54) is 25.3 Å². The lowest BCUT2D eigenvalue weighted by molar-refractivity contribution is -0.0261. The zero-order valence-corrected chi connectivity index (χ0v) is 11.6. The van der Waals surface area contributed by atoms with Crippen LogP contribution in [0.3, 0.4) is 0 Å². The van der Waals surface area contributed by atoms with Gasteiger partial charge in [0, 0.05) is 11.8 Å². The average molecular weight is 251 g/mol. The van der Waals surface area contributed by atoms with Crippen molar-refractivity contribution in [3.8, 4) is 0 Å². The summed E-state index contributed by atoms with van der Waals surface area (Å²) in [7, 11) is 0. The lowest BCUT2D eigenvalue weighted by Crippen LogP contribution is -2.46. The normalized spacial score (nSPS) is 52.2. The van der Waals surface area contributed by atoms with Gasteiger partial charge in [0.1, 0.15) is 0 Å². The highest BCUT2D eigenvalue weighted by molar-refractivity contribution is 7.99. The van der Waals surface area contributed by atoms with Crippen LogP contribution in [0.2, 0.25) is 0 Å². The lowest BCUT2D eigenvalue weighted by Gasteiger charge is -2.54. The van der Waals surface area contributed by atoms with Crippen LogP contribution in [0.5, 0.6) is 0 Å². The molecule has 1 saturated heterocycles. The van der Waals surface area contributed by atoms with Crippen molar-refractivity contribution in [3.63, 3.8) is 0 Å². The molecule has 4 aliphatic carbocycles. The van der Waals surface area contributed by atoms with Gasteiger partial charge in [0.05, 0.1) is 0 Å². The first kappa shape index (κ1) is 11.2. The molecule has 0 aromatic carbocycles. The van der Waals surface area contributed by atoms with Crippen molar-refractivity contribution in [3.05, 3.63) is 0 Å². The first-order valence-corrected chi connectivity index (χ1v) is 8.75. The van der Waals surface area contributed by atoms with Crippen LogP contribution in [0, 0.1) is 29.6 Å². The van der Waals surface area contributed by atoms with Crippen molar-refractivity contribution in [1.82, 2.24) is 5.32 Å². The third-order valence-corrected chi connectivity index (χ3v) is 7.41. The Bertz CT molecular complexity index is 257. The van der Waals surface area contributed by atoms with Crippen molar-refractivity contribution in [2.45, 2.75) is 43.8 Å². The van der Waals surface area contributed by atoms with Gasteiger partial charge in [0.2, 0.25) is 0 Å². The van der Waals surface area contributed by atoms with Crippen molar-refractivity contribution >= 4 is 11.8 Å². The second-order valence-electron chi connectivity index (χ2n) is 7.04. The summed E-state index contributed by atoms with van der Waals surface area (Å²) in [6.07, 6.45) is 9.40. The molecule has 5 aliphatic rings. The van der Waals surface area contributed by atoms with Gasteiger partial charge in [-0.05, 0) is 80.4 Å². The molecule has 0 radical (unpaired) electrons. The Hall–Kier alpha value is 0.310. The summed E-state index contributed by atoms with van der Waals surface area (Å²) >= 11 is 2.30. The molecule has 96 valence electrons. The molecule has 1 nitrogen and oxygen atoms in total. The van der Waals surface area contributed by atoms with E-state index < -0.39 is 0 Å². The van der Waals surface area contributed by atoms with Gasteiger partial charge in [-0.25, -0.2) is 0 Å².